The van der Waals surface area contributed by atoms with Gasteiger partial charge in [-0.25, -0.2) is 18.4 Å². The number of rotatable bonds is 7. The fourth-order valence-corrected chi connectivity index (χ4v) is 4.69. The number of pyridine rings is 1. The summed E-state index contributed by atoms with van der Waals surface area (Å²) < 4.78 is 34.4. The lowest BCUT2D eigenvalue weighted by Crippen LogP contribution is -2.49. The van der Waals surface area contributed by atoms with Gasteiger partial charge in [-0.2, -0.15) is 5.10 Å². The van der Waals surface area contributed by atoms with Crippen molar-refractivity contribution in [3.63, 3.8) is 0 Å². The molecule has 180 valence electrons. The summed E-state index contributed by atoms with van der Waals surface area (Å²) >= 11 is 0. The van der Waals surface area contributed by atoms with Gasteiger partial charge in [0.25, 0.3) is 6.43 Å². The van der Waals surface area contributed by atoms with E-state index in [-0.39, 0.29) is 23.9 Å². The molecule has 0 atom stereocenters. The summed E-state index contributed by atoms with van der Waals surface area (Å²) in [5.41, 5.74) is 2.69. The molecular weight excluding hydrogens is 440 g/mol. The normalized spacial score (nSPS) is 17.0. The Morgan fingerprint density at radius 3 is 2.62 bits per heavy atom. The number of amides is 1. The summed E-state index contributed by atoms with van der Waals surface area (Å²) in [6.45, 7) is 5.26. The molecule has 2 aromatic heterocycles. The third-order valence-electron chi connectivity index (χ3n) is 6.71. The third kappa shape index (κ3) is 4.61. The van der Waals surface area contributed by atoms with Gasteiger partial charge in [-0.3, -0.25) is 9.69 Å². The zero-order valence-corrected chi connectivity index (χ0v) is 19.5. The Hall–Kier alpha value is -3.07. The number of fused-ring (bicyclic) bond motifs is 1. The summed E-state index contributed by atoms with van der Waals surface area (Å²) in [5.74, 6) is 1.00. The van der Waals surface area contributed by atoms with Crippen LogP contribution in [0.3, 0.4) is 0 Å². The van der Waals surface area contributed by atoms with Crippen molar-refractivity contribution >= 4 is 16.9 Å². The molecule has 1 saturated heterocycles. The van der Waals surface area contributed by atoms with Crippen LogP contribution in [-0.4, -0.2) is 63.8 Å². The maximum absolute atomic E-state index is 13.8. The van der Waals surface area contributed by atoms with Gasteiger partial charge < -0.3 is 9.64 Å². The zero-order chi connectivity index (χ0) is 23.8. The number of carbonyl (C=O) groups excluding carboxylic acids is 1. The SMILES string of the molecule is COc1cccc(CN2CCN(C(=O)Cn3nc(C)c4c(C(F)F)cc(C5CC5)nc43)CC2)c1. The average Bonchev–Trinajstić information content (AvgIpc) is 3.64. The molecule has 0 spiro atoms. The van der Waals surface area contributed by atoms with Crippen molar-refractivity contribution in [2.75, 3.05) is 33.3 Å². The number of hydrogen-bond acceptors (Lipinski definition) is 5. The molecule has 0 N–H and O–H groups in total. The molecule has 0 radical (unpaired) electrons. The maximum Gasteiger partial charge on any atom is 0.264 e. The number of nitrogens with zero attached hydrogens (tertiary/aromatic N) is 5. The van der Waals surface area contributed by atoms with Gasteiger partial charge in [0.2, 0.25) is 5.91 Å². The molecule has 0 bridgehead atoms. The van der Waals surface area contributed by atoms with E-state index in [0.29, 0.717) is 35.5 Å². The molecule has 3 heterocycles. The monoisotopic (exact) mass is 469 g/mol. The second-order valence-electron chi connectivity index (χ2n) is 9.16. The summed E-state index contributed by atoms with van der Waals surface area (Å²) in [6.07, 6.45) is -0.673. The lowest BCUT2D eigenvalue weighted by Gasteiger charge is -2.34. The van der Waals surface area contributed by atoms with Gasteiger partial charge >= 0.3 is 0 Å². The number of hydrogen-bond donors (Lipinski definition) is 0. The fourth-order valence-electron chi connectivity index (χ4n) is 4.69. The predicted octanol–water partition coefficient (Wildman–Crippen LogP) is 3.91. The van der Waals surface area contributed by atoms with Crippen molar-refractivity contribution in [3.8, 4) is 5.75 Å². The summed E-state index contributed by atoms with van der Waals surface area (Å²) in [6, 6.07) is 9.52. The average molecular weight is 470 g/mol. The summed E-state index contributed by atoms with van der Waals surface area (Å²) in [5, 5.41) is 4.80. The predicted molar refractivity (Wildman–Crippen MR) is 124 cm³/mol. The van der Waals surface area contributed by atoms with E-state index in [9.17, 15) is 13.6 Å². The summed E-state index contributed by atoms with van der Waals surface area (Å²) in [4.78, 5) is 21.9. The molecule has 9 heteroatoms. The highest BCUT2D eigenvalue weighted by molar-refractivity contribution is 5.85. The van der Waals surface area contributed by atoms with Crippen LogP contribution in [0.1, 0.15) is 47.7 Å². The van der Waals surface area contributed by atoms with E-state index in [0.717, 1.165) is 38.2 Å². The Bertz CT molecular complexity index is 1200. The number of benzene rings is 1. The molecule has 1 aliphatic carbocycles. The third-order valence-corrected chi connectivity index (χ3v) is 6.71. The smallest absolute Gasteiger partial charge is 0.264 e. The van der Waals surface area contributed by atoms with E-state index < -0.39 is 6.43 Å². The van der Waals surface area contributed by atoms with Gasteiger partial charge in [0.05, 0.1) is 18.2 Å². The van der Waals surface area contributed by atoms with Crippen LogP contribution >= 0.6 is 0 Å². The van der Waals surface area contributed by atoms with Crippen molar-refractivity contribution in [1.29, 1.82) is 0 Å². The largest absolute Gasteiger partial charge is 0.497 e. The van der Waals surface area contributed by atoms with Crippen molar-refractivity contribution in [2.45, 2.75) is 45.2 Å². The van der Waals surface area contributed by atoms with Crippen molar-refractivity contribution < 1.29 is 18.3 Å². The first-order chi connectivity index (χ1) is 16.4. The zero-order valence-electron chi connectivity index (χ0n) is 19.5. The highest BCUT2D eigenvalue weighted by atomic mass is 19.3. The van der Waals surface area contributed by atoms with E-state index in [1.807, 2.05) is 23.1 Å². The molecule has 7 nitrogen and oxygen atoms in total. The molecule has 1 amide bonds. The Labute approximate surface area is 197 Å². The molecule has 3 aromatic rings. The lowest BCUT2D eigenvalue weighted by atomic mass is 10.1. The number of aromatic nitrogens is 3. The first kappa shape index (κ1) is 22.7. The van der Waals surface area contributed by atoms with E-state index in [1.165, 1.54) is 16.3 Å². The van der Waals surface area contributed by atoms with Crippen LogP contribution in [0.2, 0.25) is 0 Å². The van der Waals surface area contributed by atoms with Gasteiger partial charge in [-0.15, -0.1) is 0 Å². The molecule has 1 saturated carbocycles. The van der Waals surface area contributed by atoms with Gasteiger partial charge in [0.1, 0.15) is 12.3 Å². The van der Waals surface area contributed by atoms with E-state index >= 15 is 0 Å². The number of methoxy groups -OCH3 is 1. The Balaban J connectivity index is 1.27. The van der Waals surface area contributed by atoms with Gasteiger partial charge in [-0.05, 0) is 43.5 Å². The highest BCUT2D eigenvalue weighted by Gasteiger charge is 2.30. The number of alkyl halides is 2. The van der Waals surface area contributed by atoms with Gasteiger partial charge in [0, 0.05) is 49.9 Å². The van der Waals surface area contributed by atoms with Crippen LogP contribution in [0.25, 0.3) is 11.0 Å². The van der Waals surface area contributed by atoms with Crippen molar-refractivity contribution in [2.24, 2.45) is 0 Å². The van der Waals surface area contributed by atoms with Crippen LogP contribution in [0.15, 0.2) is 30.3 Å². The standard InChI is InChI=1S/C25H29F2N5O2/c1-16-23-20(24(26)27)13-21(18-6-7-18)28-25(23)32(29-16)15-22(33)31-10-8-30(9-11-31)14-17-4-3-5-19(12-17)34-2/h3-5,12-13,18,24H,6-11,14-15H2,1-2H3. The number of aryl methyl sites for hydroxylation is 1. The highest BCUT2D eigenvalue weighted by Crippen LogP contribution is 2.41. The molecule has 5 rings (SSSR count). The number of piperazine rings is 1. The van der Waals surface area contributed by atoms with Crippen LogP contribution in [0.5, 0.6) is 5.75 Å². The molecule has 34 heavy (non-hydrogen) atoms. The molecule has 2 fully saturated rings. The molecule has 0 unspecified atom stereocenters. The van der Waals surface area contributed by atoms with Crippen LogP contribution in [-0.2, 0) is 17.9 Å². The first-order valence-electron chi connectivity index (χ1n) is 11.7. The number of ether oxygens (including phenoxy) is 1. The minimum atomic E-state index is -2.60. The number of halogens is 2. The summed E-state index contributed by atoms with van der Waals surface area (Å²) in [7, 11) is 1.66. The van der Waals surface area contributed by atoms with E-state index in [2.05, 4.69) is 21.0 Å². The minimum absolute atomic E-state index is 0.00399. The fraction of sp³-hybridized carbons (Fsp3) is 0.480. The number of carbonyl (C=O) groups is 1. The Kier molecular flexibility index (Phi) is 6.20. The lowest BCUT2D eigenvalue weighted by molar-refractivity contribution is -0.133. The molecular formula is C25H29F2N5O2. The van der Waals surface area contributed by atoms with Crippen LogP contribution < -0.4 is 4.74 Å². The van der Waals surface area contributed by atoms with Crippen LogP contribution in [0, 0.1) is 6.92 Å². The van der Waals surface area contributed by atoms with Gasteiger partial charge in [-0.1, -0.05) is 12.1 Å². The van der Waals surface area contributed by atoms with Crippen molar-refractivity contribution in [1.82, 2.24) is 24.6 Å². The topological polar surface area (TPSA) is 63.5 Å². The second-order valence-corrected chi connectivity index (χ2v) is 9.16. The van der Waals surface area contributed by atoms with E-state index in [1.54, 1.807) is 14.0 Å². The maximum atomic E-state index is 13.8. The van der Waals surface area contributed by atoms with Crippen molar-refractivity contribution in [3.05, 3.63) is 52.8 Å². The first-order valence-corrected chi connectivity index (χ1v) is 11.7. The van der Waals surface area contributed by atoms with Crippen LogP contribution in [0.4, 0.5) is 8.78 Å². The van der Waals surface area contributed by atoms with E-state index in [4.69, 9.17) is 4.74 Å². The molecule has 2 aliphatic rings. The molecule has 1 aromatic carbocycles. The minimum Gasteiger partial charge on any atom is -0.497 e. The van der Waals surface area contributed by atoms with Gasteiger partial charge in [0.15, 0.2) is 5.65 Å². The Morgan fingerprint density at radius 2 is 1.94 bits per heavy atom. The quantitative estimate of drug-likeness (QED) is 0.525. The second kappa shape index (κ2) is 9.29. The molecule has 1 aliphatic heterocycles. The Morgan fingerprint density at radius 1 is 1.18 bits per heavy atom.